The van der Waals surface area contributed by atoms with Gasteiger partial charge in [-0.1, -0.05) is 38.1 Å². The molecule has 3 aromatic carbocycles. The number of benzene rings is 3. The Balaban J connectivity index is 1.84. The first-order chi connectivity index (χ1) is 16.1. The van der Waals surface area contributed by atoms with E-state index in [1.54, 1.807) is 61.7 Å². The molecule has 3 rings (SSSR count). The predicted molar refractivity (Wildman–Crippen MR) is 136 cm³/mol. The Hall–Kier alpha value is -3.32. The van der Waals surface area contributed by atoms with E-state index in [1.165, 1.54) is 11.4 Å². The van der Waals surface area contributed by atoms with Crippen LogP contribution >= 0.6 is 0 Å². The second-order valence-electron chi connectivity index (χ2n) is 8.64. The highest BCUT2D eigenvalue weighted by Crippen LogP contribution is 2.32. The Labute approximate surface area is 202 Å². The minimum absolute atomic E-state index is 0.192. The molecule has 6 nitrogen and oxygen atoms in total. The van der Waals surface area contributed by atoms with E-state index in [9.17, 15) is 13.2 Å². The maximum absolute atomic E-state index is 13.1. The van der Waals surface area contributed by atoms with Crippen molar-refractivity contribution in [3.05, 3.63) is 89.0 Å². The van der Waals surface area contributed by atoms with Crippen molar-refractivity contribution in [2.75, 3.05) is 18.5 Å². The minimum Gasteiger partial charge on any atom is -0.496 e. The Morgan fingerprint density at radius 1 is 0.941 bits per heavy atom. The van der Waals surface area contributed by atoms with Crippen LogP contribution in [0.15, 0.2) is 71.6 Å². The average Bonchev–Trinajstić information content (AvgIpc) is 2.83. The Morgan fingerprint density at radius 3 is 2.24 bits per heavy atom. The number of nitrogens with one attached hydrogen (secondary N) is 1. The zero-order valence-corrected chi connectivity index (χ0v) is 21.3. The first-order valence-electron chi connectivity index (χ1n) is 11.2. The van der Waals surface area contributed by atoms with Gasteiger partial charge < -0.3 is 10.1 Å². The van der Waals surface area contributed by atoms with Gasteiger partial charge in [-0.15, -0.1) is 0 Å². The standard InChI is InChI=1S/C27H32N2O4S/c1-18(2)24-17-25(19(3)15-26(24)33-6)20(4)28-27(30)21-11-10-12-22(16-21)29(5)34(31,32)23-13-8-7-9-14-23/h7-18,20H,1-6H3,(H,28,30). The van der Waals surface area contributed by atoms with Crippen molar-refractivity contribution in [2.45, 2.75) is 44.6 Å². The molecule has 0 aliphatic rings. The number of hydrogen-bond acceptors (Lipinski definition) is 4. The number of hydrogen-bond donors (Lipinski definition) is 1. The molecule has 180 valence electrons. The van der Waals surface area contributed by atoms with Crippen LogP contribution in [0.25, 0.3) is 0 Å². The third-order valence-electron chi connectivity index (χ3n) is 5.93. The molecule has 1 atom stereocenters. The summed E-state index contributed by atoms with van der Waals surface area (Å²) < 4.78 is 32.6. The van der Waals surface area contributed by atoms with Gasteiger partial charge >= 0.3 is 0 Å². The molecule has 34 heavy (non-hydrogen) atoms. The van der Waals surface area contributed by atoms with Crippen molar-refractivity contribution < 1.29 is 17.9 Å². The second-order valence-corrected chi connectivity index (χ2v) is 10.6. The molecule has 0 bridgehead atoms. The third kappa shape index (κ3) is 5.25. The molecule has 0 fully saturated rings. The zero-order chi connectivity index (χ0) is 25.0. The first-order valence-corrected chi connectivity index (χ1v) is 12.6. The van der Waals surface area contributed by atoms with Crippen LogP contribution in [0.1, 0.15) is 59.8 Å². The van der Waals surface area contributed by atoms with E-state index in [-0.39, 0.29) is 22.8 Å². The summed E-state index contributed by atoms with van der Waals surface area (Å²) in [6.07, 6.45) is 0. The summed E-state index contributed by atoms with van der Waals surface area (Å²) in [5.74, 6) is 0.835. The molecule has 0 aliphatic heterocycles. The van der Waals surface area contributed by atoms with Crippen LogP contribution in [0.3, 0.4) is 0 Å². The van der Waals surface area contributed by atoms with E-state index < -0.39 is 10.0 Å². The fraction of sp³-hybridized carbons (Fsp3) is 0.296. The van der Waals surface area contributed by atoms with Crippen LogP contribution < -0.4 is 14.4 Å². The minimum atomic E-state index is -3.74. The fourth-order valence-corrected chi connectivity index (χ4v) is 5.11. The van der Waals surface area contributed by atoms with Crippen molar-refractivity contribution in [3.63, 3.8) is 0 Å². The van der Waals surface area contributed by atoms with Gasteiger partial charge in [-0.2, -0.15) is 0 Å². The van der Waals surface area contributed by atoms with Crippen LogP contribution in [0.4, 0.5) is 5.69 Å². The van der Waals surface area contributed by atoms with Gasteiger partial charge in [-0.25, -0.2) is 8.42 Å². The summed E-state index contributed by atoms with van der Waals surface area (Å²) in [6.45, 7) is 8.14. The van der Waals surface area contributed by atoms with Gasteiger partial charge in [0, 0.05) is 12.6 Å². The fourth-order valence-electron chi connectivity index (χ4n) is 3.90. The topological polar surface area (TPSA) is 75.7 Å². The van der Waals surface area contributed by atoms with Crippen LogP contribution in [0.2, 0.25) is 0 Å². The van der Waals surface area contributed by atoms with Crippen molar-refractivity contribution >= 4 is 21.6 Å². The van der Waals surface area contributed by atoms with Gasteiger partial charge in [0.25, 0.3) is 15.9 Å². The van der Waals surface area contributed by atoms with Gasteiger partial charge in [0.05, 0.1) is 23.7 Å². The predicted octanol–water partition coefficient (Wildman–Crippen LogP) is 5.44. The maximum atomic E-state index is 13.1. The molecule has 0 aromatic heterocycles. The van der Waals surface area contributed by atoms with E-state index in [1.807, 2.05) is 19.9 Å². The van der Waals surface area contributed by atoms with Crippen LogP contribution in [0.5, 0.6) is 5.75 Å². The second kappa shape index (κ2) is 10.3. The van der Waals surface area contributed by atoms with Gasteiger partial charge in [-0.05, 0) is 78.9 Å². The number of aryl methyl sites for hydroxylation is 1. The molecule has 0 saturated heterocycles. The number of carbonyl (C=O) groups excluding carboxylic acids is 1. The molecule has 0 saturated carbocycles. The molecule has 1 unspecified atom stereocenters. The van der Waals surface area contributed by atoms with Gasteiger partial charge in [0.15, 0.2) is 0 Å². The third-order valence-corrected chi connectivity index (χ3v) is 7.73. The number of sulfonamides is 1. The van der Waals surface area contributed by atoms with E-state index in [2.05, 4.69) is 25.2 Å². The first kappa shape index (κ1) is 25.3. The lowest BCUT2D eigenvalue weighted by Gasteiger charge is -2.22. The van der Waals surface area contributed by atoms with Crippen molar-refractivity contribution in [1.29, 1.82) is 0 Å². The molecule has 7 heteroatoms. The van der Waals surface area contributed by atoms with Crippen LogP contribution in [-0.2, 0) is 10.0 Å². The van der Waals surface area contributed by atoms with Crippen LogP contribution in [0, 0.1) is 6.92 Å². The summed E-state index contributed by atoms with van der Waals surface area (Å²) in [5, 5.41) is 3.05. The summed E-state index contributed by atoms with van der Waals surface area (Å²) in [7, 11) is -0.593. The number of rotatable bonds is 8. The smallest absolute Gasteiger partial charge is 0.264 e. The molecule has 1 amide bonds. The number of amides is 1. The number of anilines is 1. The van der Waals surface area contributed by atoms with Gasteiger partial charge in [0.1, 0.15) is 5.75 Å². The van der Waals surface area contributed by atoms with E-state index in [4.69, 9.17) is 4.74 Å². The zero-order valence-electron chi connectivity index (χ0n) is 20.5. The quantitative estimate of drug-likeness (QED) is 0.466. The lowest BCUT2D eigenvalue weighted by Crippen LogP contribution is -2.29. The van der Waals surface area contributed by atoms with E-state index in [0.717, 1.165) is 22.4 Å². The molecule has 3 aromatic rings. The van der Waals surface area contributed by atoms with E-state index in [0.29, 0.717) is 11.3 Å². The van der Waals surface area contributed by atoms with Crippen molar-refractivity contribution in [3.8, 4) is 5.75 Å². The monoisotopic (exact) mass is 480 g/mol. The summed E-state index contributed by atoms with van der Waals surface area (Å²) in [4.78, 5) is 13.3. The largest absolute Gasteiger partial charge is 0.496 e. The number of carbonyl (C=O) groups is 1. The summed E-state index contributed by atoms with van der Waals surface area (Å²) in [5.41, 5.74) is 3.91. The van der Waals surface area contributed by atoms with E-state index >= 15 is 0 Å². The molecule has 0 spiro atoms. The Morgan fingerprint density at radius 2 is 1.62 bits per heavy atom. The summed E-state index contributed by atoms with van der Waals surface area (Å²) >= 11 is 0. The number of methoxy groups -OCH3 is 1. The Kier molecular flexibility index (Phi) is 7.67. The SMILES string of the molecule is COc1cc(C)c(C(C)NC(=O)c2cccc(N(C)S(=O)(=O)c3ccccc3)c2)cc1C(C)C. The highest BCUT2D eigenvalue weighted by molar-refractivity contribution is 7.92. The van der Waals surface area contributed by atoms with Crippen molar-refractivity contribution in [1.82, 2.24) is 5.32 Å². The highest BCUT2D eigenvalue weighted by atomic mass is 32.2. The number of ether oxygens (including phenoxy) is 1. The lowest BCUT2D eigenvalue weighted by molar-refractivity contribution is 0.0940. The lowest BCUT2D eigenvalue weighted by atomic mass is 9.93. The average molecular weight is 481 g/mol. The molecule has 1 N–H and O–H groups in total. The molecule has 0 aliphatic carbocycles. The highest BCUT2D eigenvalue weighted by Gasteiger charge is 2.22. The van der Waals surface area contributed by atoms with Crippen molar-refractivity contribution in [2.24, 2.45) is 0 Å². The molecule has 0 heterocycles. The van der Waals surface area contributed by atoms with Gasteiger partial charge in [0.2, 0.25) is 0 Å². The maximum Gasteiger partial charge on any atom is 0.264 e. The van der Waals surface area contributed by atoms with Crippen LogP contribution in [-0.4, -0.2) is 28.5 Å². The van der Waals surface area contributed by atoms with Gasteiger partial charge in [-0.3, -0.25) is 9.10 Å². The molecular formula is C27H32N2O4S. The Bertz CT molecular complexity index is 1270. The molecule has 0 radical (unpaired) electrons. The normalized spacial score (nSPS) is 12.3. The molecular weight excluding hydrogens is 448 g/mol. The number of nitrogens with zero attached hydrogens (tertiary/aromatic N) is 1. The summed E-state index contributed by atoms with van der Waals surface area (Å²) in [6, 6.07) is 18.7.